The van der Waals surface area contributed by atoms with E-state index < -0.39 is 27.9 Å². The van der Waals surface area contributed by atoms with Gasteiger partial charge in [-0.25, -0.2) is 13.1 Å². The molecule has 0 heterocycles. The molecule has 1 N–H and O–H groups in total. The standard InChI is InChI=1S/C14H19NO6S/c1-20-14(17)12(9-15-22(2,18)19)8-13(16)21-10-11-6-4-3-5-7-11/h3-7,12,15H,8-10H2,1-2H3/t12-/m1/s1. The van der Waals surface area contributed by atoms with Crippen molar-refractivity contribution in [2.75, 3.05) is 19.9 Å². The summed E-state index contributed by atoms with van der Waals surface area (Å²) in [6.45, 7) is -0.126. The van der Waals surface area contributed by atoms with Crippen molar-refractivity contribution in [2.45, 2.75) is 13.0 Å². The van der Waals surface area contributed by atoms with Gasteiger partial charge >= 0.3 is 11.9 Å². The van der Waals surface area contributed by atoms with E-state index in [1.807, 2.05) is 18.2 Å². The Morgan fingerprint density at radius 3 is 2.41 bits per heavy atom. The molecular weight excluding hydrogens is 310 g/mol. The molecule has 0 amide bonds. The molecule has 1 aromatic carbocycles. The quantitative estimate of drug-likeness (QED) is 0.696. The van der Waals surface area contributed by atoms with Crippen molar-refractivity contribution < 1.29 is 27.5 Å². The zero-order valence-electron chi connectivity index (χ0n) is 12.4. The first-order chi connectivity index (χ1) is 10.3. The van der Waals surface area contributed by atoms with Crippen molar-refractivity contribution in [2.24, 2.45) is 5.92 Å². The van der Waals surface area contributed by atoms with Crippen molar-refractivity contribution in [1.29, 1.82) is 0 Å². The van der Waals surface area contributed by atoms with E-state index >= 15 is 0 Å². The number of carbonyl (C=O) groups excluding carboxylic acids is 2. The number of benzene rings is 1. The van der Waals surface area contributed by atoms with Crippen LogP contribution in [0.4, 0.5) is 0 Å². The first kappa shape index (κ1) is 18.1. The van der Waals surface area contributed by atoms with Gasteiger partial charge in [-0.3, -0.25) is 9.59 Å². The van der Waals surface area contributed by atoms with Crippen LogP contribution in [0.3, 0.4) is 0 Å². The van der Waals surface area contributed by atoms with E-state index in [-0.39, 0.29) is 19.6 Å². The summed E-state index contributed by atoms with van der Waals surface area (Å²) in [5.74, 6) is -2.20. The van der Waals surface area contributed by atoms with Gasteiger partial charge in [-0.15, -0.1) is 0 Å². The van der Waals surface area contributed by atoms with E-state index in [0.29, 0.717) is 0 Å². The molecule has 0 fully saturated rings. The summed E-state index contributed by atoms with van der Waals surface area (Å²) in [7, 11) is -2.29. The fourth-order valence-electron chi connectivity index (χ4n) is 1.66. The molecule has 0 unspecified atom stereocenters. The normalized spacial score (nSPS) is 12.5. The molecule has 7 nitrogen and oxygen atoms in total. The number of esters is 2. The van der Waals surface area contributed by atoms with E-state index in [4.69, 9.17) is 4.74 Å². The highest BCUT2D eigenvalue weighted by atomic mass is 32.2. The highest BCUT2D eigenvalue weighted by Gasteiger charge is 2.24. The molecule has 1 rings (SSSR count). The van der Waals surface area contributed by atoms with E-state index in [1.165, 1.54) is 7.11 Å². The Labute approximate surface area is 129 Å². The van der Waals surface area contributed by atoms with Gasteiger partial charge in [-0.2, -0.15) is 0 Å². The highest BCUT2D eigenvalue weighted by molar-refractivity contribution is 7.88. The smallest absolute Gasteiger partial charge is 0.310 e. The lowest BCUT2D eigenvalue weighted by atomic mass is 10.1. The minimum Gasteiger partial charge on any atom is -0.469 e. The van der Waals surface area contributed by atoms with Crippen LogP contribution in [0.15, 0.2) is 30.3 Å². The number of methoxy groups -OCH3 is 1. The van der Waals surface area contributed by atoms with Crippen LogP contribution < -0.4 is 4.72 Å². The molecule has 0 aliphatic carbocycles. The third-order valence-electron chi connectivity index (χ3n) is 2.78. The molecule has 0 aromatic heterocycles. The van der Waals surface area contributed by atoms with Crippen LogP contribution in [0.2, 0.25) is 0 Å². The Hall–Kier alpha value is -1.93. The van der Waals surface area contributed by atoms with Crippen molar-refractivity contribution in [3.63, 3.8) is 0 Å². The summed E-state index contributed by atoms with van der Waals surface area (Å²) in [6, 6.07) is 9.08. The monoisotopic (exact) mass is 329 g/mol. The molecule has 0 aliphatic heterocycles. The number of ether oxygens (including phenoxy) is 2. The number of carbonyl (C=O) groups is 2. The third-order valence-corrected chi connectivity index (χ3v) is 3.47. The predicted octanol–water partition coefficient (Wildman–Crippen LogP) is 0.458. The molecule has 0 saturated heterocycles. The van der Waals surface area contributed by atoms with Gasteiger partial charge in [0.25, 0.3) is 0 Å². The van der Waals surface area contributed by atoms with E-state index in [0.717, 1.165) is 11.8 Å². The Morgan fingerprint density at radius 2 is 1.86 bits per heavy atom. The Balaban J connectivity index is 2.53. The fraction of sp³-hybridized carbons (Fsp3) is 0.429. The second-order valence-electron chi connectivity index (χ2n) is 4.69. The summed E-state index contributed by atoms with van der Waals surface area (Å²) in [6.07, 6.45) is 0.705. The molecule has 0 radical (unpaired) electrons. The van der Waals surface area contributed by atoms with Gasteiger partial charge in [0.05, 0.1) is 25.7 Å². The van der Waals surface area contributed by atoms with E-state index in [2.05, 4.69) is 9.46 Å². The van der Waals surface area contributed by atoms with Crippen LogP contribution in [-0.4, -0.2) is 40.3 Å². The fourth-order valence-corrected chi connectivity index (χ4v) is 2.16. The Bertz CT molecular complexity index is 599. The molecular formula is C14H19NO6S. The molecule has 22 heavy (non-hydrogen) atoms. The average Bonchev–Trinajstić information content (AvgIpc) is 2.48. The molecule has 0 aliphatic rings. The minimum atomic E-state index is -3.46. The van der Waals surface area contributed by atoms with Crippen LogP contribution in [-0.2, 0) is 35.7 Å². The van der Waals surface area contributed by atoms with Gasteiger partial charge in [0, 0.05) is 6.54 Å². The van der Waals surface area contributed by atoms with Crippen molar-refractivity contribution in [3.05, 3.63) is 35.9 Å². The first-order valence-electron chi connectivity index (χ1n) is 6.54. The SMILES string of the molecule is COC(=O)[C@@H](CNS(C)(=O)=O)CC(=O)OCc1ccccc1. The van der Waals surface area contributed by atoms with Gasteiger partial charge in [0.15, 0.2) is 0 Å². The van der Waals surface area contributed by atoms with Gasteiger partial charge in [-0.05, 0) is 5.56 Å². The van der Waals surface area contributed by atoms with Crippen molar-refractivity contribution in [3.8, 4) is 0 Å². The summed E-state index contributed by atoms with van der Waals surface area (Å²) in [5.41, 5.74) is 0.819. The van der Waals surface area contributed by atoms with Crippen LogP contribution in [0, 0.1) is 5.92 Å². The number of nitrogens with one attached hydrogen (secondary N) is 1. The molecule has 1 atom stereocenters. The van der Waals surface area contributed by atoms with Crippen LogP contribution in [0.5, 0.6) is 0 Å². The number of hydrogen-bond donors (Lipinski definition) is 1. The molecule has 8 heteroatoms. The molecule has 0 bridgehead atoms. The van der Waals surface area contributed by atoms with Gasteiger partial charge in [0.1, 0.15) is 6.61 Å². The zero-order valence-corrected chi connectivity index (χ0v) is 13.3. The van der Waals surface area contributed by atoms with E-state index in [1.54, 1.807) is 12.1 Å². The second-order valence-corrected chi connectivity index (χ2v) is 6.52. The highest BCUT2D eigenvalue weighted by Crippen LogP contribution is 2.09. The Kier molecular flexibility index (Phi) is 7.00. The van der Waals surface area contributed by atoms with Crippen LogP contribution in [0.1, 0.15) is 12.0 Å². The van der Waals surface area contributed by atoms with Gasteiger partial charge in [0.2, 0.25) is 10.0 Å². The topological polar surface area (TPSA) is 98.8 Å². The first-order valence-corrected chi connectivity index (χ1v) is 8.43. The lowest BCUT2D eigenvalue weighted by molar-refractivity contribution is -0.153. The second kappa shape index (κ2) is 8.50. The summed E-state index contributed by atoms with van der Waals surface area (Å²) < 4.78 is 33.9. The average molecular weight is 329 g/mol. The molecule has 122 valence electrons. The molecule has 0 saturated carbocycles. The lowest BCUT2D eigenvalue weighted by Crippen LogP contribution is -2.34. The third kappa shape index (κ3) is 7.19. The van der Waals surface area contributed by atoms with Crippen molar-refractivity contribution >= 4 is 22.0 Å². The minimum absolute atomic E-state index is 0.0903. The maximum absolute atomic E-state index is 11.8. The largest absolute Gasteiger partial charge is 0.469 e. The number of rotatable bonds is 8. The predicted molar refractivity (Wildman–Crippen MR) is 79.2 cm³/mol. The van der Waals surface area contributed by atoms with Crippen LogP contribution >= 0.6 is 0 Å². The maximum atomic E-state index is 11.8. The van der Waals surface area contributed by atoms with E-state index in [9.17, 15) is 18.0 Å². The van der Waals surface area contributed by atoms with Crippen LogP contribution in [0.25, 0.3) is 0 Å². The summed E-state index contributed by atoms with van der Waals surface area (Å²) in [4.78, 5) is 23.3. The van der Waals surface area contributed by atoms with Crippen molar-refractivity contribution in [1.82, 2.24) is 4.72 Å². The van der Waals surface area contributed by atoms with Gasteiger partial charge in [-0.1, -0.05) is 30.3 Å². The van der Waals surface area contributed by atoms with Gasteiger partial charge < -0.3 is 9.47 Å². The summed E-state index contributed by atoms with van der Waals surface area (Å²) in [5, 5.41) is 0. The Morgan fingerprint density at radius 1 is 1.23 bits per heavy atom. The zero-order chi connectivity index (χ0) is 16.6. The molecule has 1 aromatic rings. The maximum Gasteiger partial charge on any atom is 0.310 e. The molecule has 0 spiro atoms. The number of hydrogen-bond acceptors (Lipinski definition) is 6. The summed E-state index contributed by atoms with van der Waals surface area (Å²) >= 11 is 0. The lowest BCUT2D eigenvalue weighted by Gasteiger charge is -2.14. The number of sulfonamides is 1.